The number of fused-ring (bicyclic) bond motifs is 9. The van der Waals surface area contributed by atoms with Crippen molar-refractivity contribution in [1.82, 2.24) is 19.8 Å². The molecule has 5 nitrogen and oxygen atoms in total. The van der Waals surface area contributed by atoms with E-state index < -0.39 is 0 Å². The van der Waals surface area contributed by atoms with E-state index in [1.54, 1.807) is 0 Å². The summed E-state index contributed by atoms with van der Waals surface area (Å²) >= 11 is 0. The molecule has 0 fully saturated rings. The average Bonchev–Trinajstić information content (AvgIpc) is 3.92. The van der Waals surface area contributed by atoms with E-state index in [4.69, 9.17) is 4.42 Å². The van der Waals surface area contributed by atoms with Crippen LogP contribution in [0.5, 0.6) is 0 Å². The van der Waals surface area contributed by atoms with E-state index in [-0.39, 0.29) is 12.2 Å². The molecule has 0 saturated heterocycles. The van der Waals surface area contributed by atoms with Gasteiger partial charge < -0.3 is 18.9 Å². The molecule has 0 bridgehead atoms. The zero-order valence-electron chi connectivity index (χ0n) is 30.9. The first-order valence-electron chi connectivity index (χ1n) is 19.6. The fourth-order valence-corrected chi connectivity index (χ4v) is 9.14. The monoisotopic (exact) mass is 732 g/mol. The standard InChI is InChI=1S/C52H36N4O/c1-4-15-33(16-5-1)44-31-45(34-17-6-2-7-18-34)54-52(53-44)35-19-14-22-37(27-35)56-48-29-41-38-23-10-12-25-46(38)55(36-20-8-3-9-21-36)47(41)30-42(48)40-28-43-39-24-11-13-26-50(39)57-51(43)32-49(40)56/h1-32,44,52-54H. The molecule has 11 aromatic rings. The number of benzene rings is 8. The van der Waals surface area contributed by atoms with Crippen molar-refractivity contribution in [1.29, 1.82) is 0 Å². The largest absolute Gasteiger partial charge is 0.456 e. The van der Waals surface area contributed by atoms with Crippen LogP contribution in [0, 0.1) is 0 Å². The average molecular weight is 733 g/mol. The first-order valence-corrected chi connectivity index (χ1v) is 19.6. The van der Waals surface area contributed by atoms with Gasteiger partial charge in [-0.2, -0.15) is 0 Å². The van der Waals surface area contributed by atoms with Crippen LogP contribution in [-0.2, 0) is 0 Å². The summed E-state index contributed by atoms with van der Waals surface area (Å²) in [5.74, 6) is 0. The Labute approximate surface area is 328 Å². The van der Waals surface area contributed by atoms with Crippen molar-refractivity contribution in [2.75, 3.05) is 0 Å². The second-order valence-corrected chi connectivity index (χ2v) is 15.0. The summed E-state index contributed by atoms with van der Waals surface area (Å²) in [7, 11) is 0. The Bertz CT molecular complexity index is 3360. The number of nitrogens with zero attached hydrogens (tertiary/aromatic N) is 2. The molecule has 0 amide bonds. The van der Waals surface area contributed by atoms with Gasteiger partial charge in [-0.1, -0.05) is 127 Å². The molecule has 4 heterocycles. The lowest BCUT2D eigenvalue weighted by molar-refractivity contribution is 0.442. The Morgan fingerprint density at radius 3 is 1.81 bits per heavy atom. The topological polar surface area (TPSA) is 47.1 Å². The van der Waals surface area contributed by atoms with Gasteiger partial charge in [-0.25, -0.2) is 0 Å². The molecule has 3 aromatic heterocycles. The Morgan fingerprint density at radius 1 is 0.404 bits per heavy atom. The van der Waals surface area contributed by atoms with Crippen molar-refractivity contribution in [3.05, 3.63) is 211 Å². The predicted octanol–water partition coefficient (Wildman–Crippen LogP) is 12.8. The van der Waals surface area contributed by atoms with Crippen LogP contribution in [0.1, 0.15) is 28.9 Å². The highest BCUT2D eigenvalue weighted by Gasteiger charge is 2.26. The van der Waals surface area contributed by atoms with Gasteiger partial charge >= 0.3 is 0 Å². The highest BCUT2D eigenvalue weighted by atomic mass is 16.3. The summed E-state index contributed by atoms with van der Waals surface area (Å²) in [5.41, 5.74) is 13.3. The molecule has 0 aliphatic carbocycles. The molecular formula is C52H36N4O. The van der Waals surface area contributed by atoms with Gasteiger partial charge in [-0.15, -0.1) is 0 Å². The highest BCUT2D eigenvalue weighted by Crippen LogP contribution is 2.42. The van der Waals surface area contributed by atoms with Crippen LogP contribution in [-0.4, -0.2) is 9.13 Å². The number of furan rings is 1. The van der Waals surface area contributed by atoms with Crippen molar-refractivity contribution >= 4 is 71.2 Å². The SMILES string of the molecule is C1=C(c2ccccc2)NC(c2cccc(-n3c4cc5oc6ccccc6c5cc4c4cc5c(cc43)c3ccccc3n5-c3ccccc3)c2)NC1c1ccccc1. The minimum Gasteiger partial charge on any atom is -0.456 e. The van der Waals surface area contributed by atoms with E-state index in [0.29, 0.717) is 0 Å². The summed E-state index contributed by atoms with van der Waals surface area (Å²) in [6, 6.07) is 67.5. The number of aromatic nitrogens is 2. The Kier molecular flexibility index (Phi) is 7.06. The minimum absolute atomic E-state index is 0.0288. The van der Waals surface area contributed by atoms with E-state index in [1.165, 1.54) is 38.1 Å². The van der Waals surface area contributed by atoms with E-state index >= 15 is 0 Å². The Morgan fingerprint density at radius 2 is 1.00 bits per heavy atom. The summed E-state index contributed by atoms with van der Waals surface area (Å²) in [4.78, 5) is 0. The third kappa shape index (κ3) is 5.06. The summed E-state index contributed by atoms with van der Waals surface area (Å²) < 4.78 is 11.4. The summed E-state index contributed by atoms with van der Waals surface area (Å²) in [5, 5.41) is 14.9. The maximum absolute atomic E-state index is 6.53. The highest BCUT2D eigenvalue weighted by molar-refractivity contribution is 6.22. The molecule has 2 atom stereocenters. The van der Waals surface area contributed by atoms with Gasteiger partial charge in [0.15, 0.2) is 0 Å². The van der Waals surface area contributed by atoms with Crippen molar-refractivity contribution in [2.24, 2.45) is 0 Å². The van der Waals surface area contributed by atoms with Gasteiger partial charge in [0.25, 0.3) is 0 Å². The number of hydrogen-bond donors (Lipinski definition) is 2. The maximum Gasteiger partial charge on any atom is 0.137 e. The van der Waals surface area contributed by atoms with Crippen LogP contribution in [0.4, 0.5) is 0 Å². The van der Waals surface area contributed by atoms with E-state index in [2.05, 4.69) is 208 Å². The molecule has 1 aliphatic heterocycles. The smallest absolute Gasteiger partial charge is 0.137 e. The Hall–Kier alpha value is -7.34. The molecule has 270 valence electrons. The van der Waals surface area contributed by atoms with Crippen molar-refractivity contribution < 1.29 is 4.42 Å². The molecule has 57 heavy (non-hydrogen) atoms. The molecule has 8 aromatic carbocycles. The zero-order chi connectivity index (χ0) is 37.5. The van der Waals surface area contributed by atoms with E-state index in [0.717, 1.165) is 61.2 Å². The fourth-order valence-electron chi connectivity index (χ4n) is 9.14. The molecule has 2 N–H and O–H groups in total. The number of hydrogen-bond acceptors (Lipinski definition) is 3. The lowest BCUT2D eigenvalue weighted by Crippen LogP contribution is -2.39. The fraction of sp³-hybridized carbons (Fsp3) is 0.0385. The van der Waals surface area contributed by atoms with Gasteiger partial charge in [-0.05, 0) is 77.4 Å². The van der Waals surface area contributed by atoms with Gasteiger partial charge in [0.2, 0.25) is 0 Å². The quantitative estimate of drug-likeness (QED) is 0.185. The lowest BCUT2D eigenvalue weighted by atomic mass is 9.98. The number of rotatable bonds is 5. The zero-order valence-corrected chi connectivity index (χ0v) is 30.9. The molecule has 12 rings (SSSR count). The Balaban J connectivity index is 1.10. The maximum atomic E-state index is 6.53. The second-order valence-electron chi connectivity index (χ2n) is 15.0. The summed E-state index contributed by atoms with van der Waals surface area (Å²) in [6.07, 6.45) is 2.16. The summed E-state index contributed by atoms with van der Waals surface area (Å²) in [6.45, 7) is 0. The van der Waals surface area contributed by atoms with E-state index in [1.807, 2.05) is 6.07 Å². The third-order valence-electron chi connectivity index (χ3n) is 11.8. The molecule has 0 saturated carbocycles. The van der Waals surface area contributed by atoms with Crippen molar-refractivity contribution in [3.63, 3.8) is 0 Å². The molecule has 1 aliphatic rings. The normalized spacial score (nSPS) is 15.9. The predicted molar refractivity (Wildman–Crippen MR) is 235 cm³/mol. The van der Waals surface area contributed by atoms with Gasteiger partial charge in [0, 0.05) is 55.5 Å². The first kappa shape index (κ1) is 32.0. The van der Waals surface area contributed by atoms with Crippen LogP contribution in [0.25, 0.3) is 82.6 Å². The molecule has 0 radical (unpaired) electrons. The number of para-hydroxylation sites is 3. The van der Waals surface area contributed by atoms with Crippen LogP contribution in [0.3, 0.4) is 0 Å². The van der Waals surface area contributed by atoms with Crippen molar-refractivity contribution in [3.8, 4) is 11.4 Å². The van der Waals surface area contributed by atoms with Crippen LogP contribution in [0.15, 0.2) is 199 Å². The third-order valence-corrected chi connectivity index (χ3v) is 11.8. The first-order chi connectivity index (χ1) is 28.2. The van der Waals surface area contributed by atoms with E-state index in [9.17, 15) is 0 Å². The molecule has 2 unspecified atom stereocenters. The lowest BCUT2D eigenvalue weighted by Gasteiger charge is -2.33. The van der Waals surface area contributed by atoms with Crippen LogP contribution < -0.4 is 10.6 Å². The van der Waals surface area contributed by atoms with Gasteiger partial charge in [0.05, 0.1) is 28.1 Å². The molecule has 0 spiro atoms. The molecule has 5 heteroatoms. The van der Waals surface area contributed by atoms with Crippen LogP contribution in [0.2, 0.25) is 0 Å². The number of nitrogens with one attached hydrogen (secondary N) is 2. The minimum atomic E-state index is -0.138. The second kappa shape index (κ2) is 12.6. The van der Waals surface area contributed by atoms with Crippen LogP contribution >= 0.6 is 0 Å². The van der Waals surface area contributed by atoms with Gasteiger partial charge in [0.1, 0.15) is 17.3 Å². The van der Waals surface area contributed by atoms with Crippen molar-refractivity contribution in [2.45, 2.75) is 12.2 Å². The molecular weight excluding hydrogens is 697 g/mol. The van der Waals surface area contributed by atoms with Gasteiger partial charge in [-0.3, -0.25) is 5.32 Å².